The molecule has 0 atom stereocenters. The van der Waals surface area contributed by atoms with Gasteiger partial charge in [0.2, 0.25) is 0 Å². The molecule has 0 amide bonds. The molecular weight excluding hydrogens is 88.9 g/mol. The monoisotopic (exact) mass is 91.0 g/mol. The summed E-state index contributed by atoms with van der Waals surface area (Å²) in [6, 6.07) is 3.52. The van der Waals surface area contributed by atoms with E-state index in [0.717, 1.165) is 0 Å². The molecule has 0 unspecified atom stereocenters. The van der Waals surface area contributed by atoms with Gasteiger partial charge in [-0.25, -0.2) is 0 Å². The second-order valence-corrected chi connectivity index (χ2v) is 1.12. The predicted molar refractivity (Wildman–Crippen MR) is 24.8 cm³/mol. The zero-order chi connectivity index (χ0) is 5.11. The van der Waals surface area contributed by atoms with Gasteiger partial charge in [0, 0.05) is 0 Å². The SMILES string of the molecule is N#Cc1bocc1. The maximum atomic E-state index is 8.12. The van der Waals surface area contributed by atoms with Gasteiger partial charge in [0.1, 0.15) is 0 Å². The summed E-state index contributed by atoms with van der Waals surface area (Å²) in [7, 11) is 1.40. The standard InChI is InChI=1S/C4H2BNO/c6-3-4-1-2-7-5-4/h1-2H. The minimum absolute atomic E-state index is 0.569. The molecule has 0 aliphatic rings. The Kier molecular flexibility index (Phi) is 0.950. The summed E-state index contributed by atoms with van der Waals surface area (Å²) in [5.74, 6) is 0. The van der Waals surface area contributed by atoms with Crippen molar-refractivity contribution in [3.63, 3.8) is 0 Å². The first-order chi connectivity index (χ1) is 3.43. The molecule has 0 radical (unpaired) electrons. The molecule has 0 saturated heterocycles. The van der Waals surface area contributed by atoms with Gasteiger partial charge in [0.05, 0.1) is 0 Å². The van der Waals surface area contributed by atoms with Gasteiger partial charge in [0.15, 0.2) is 0 Å². The first-order valence-electron chi connectivity index (χ1n) is 1.86. The molecule has 1 rings (SSSR count). The molecule has 0 N–H and O–H groups in total. The van der Waals surface area contributed by atoms with Crippen molar-refractivity contribution in [2.45, 2.75) is 0 Å². The molecule has 0 spiro atoms. The fraction of sp³-hybridized carbons (Fsp3) is 0. The number of hydrogen-bond acceptors (Lipinski definition) is 2. The summed E-state index contributed by atoms with van der Waals surface area (Å²) in [5.41, 5.74) is 0.569. The van der Waals surface area contributed by atoms with Crippen molar-refractivity contribution >= 4 is 7.13 Å². The van der Waals surface area contributed by atoms with Gasteiger partial charge in [-0.2, -0.15) is 0 Å². The van der Waals surface area contributed by atoms with E-state index in [1.54, 1.807) is 6.07 Å². The molecule has 0 bridgehead atoms. The minimum atomic E-state index is 0.569. The molecule has 0 aromatic carbocycles. The van der Waals surface area contributed by atoms with Crippen LogP contribution in [0.3, 0.4) is 0 Å². The molecule has 0 aliphatic carbocycles. The summed E-state index contributed by atoms with van der Waals surface area (Å²) < 4.78 is 4.58. The van der Waals surface area contributed by atoms with Crippen LogP contribution in [0.15, 0.2) is 16.7 Å². The zero-order valence-corrected chi connectivity index (χ0v) is 3.59. The first kappa shape index (κ1) is 4.13. The van der Waals surface area contributed by atoms with E-state index in [2.05, 4.69) is 4.33 Å². The molecule has 7 heavy (non-hydrogen) atoms. The van der Waals surface area contributed by atoms with Crippen LogP contribution in [0.1, 0.15) is 5.46 Å². The third kappa shape index (κ3) is 0.688. The number of rotatable bonds is 0. The van der Waals surface area contributed by atoms with E-state index < -0.39 is 0 Å². The van der Waals surface area contributed by atoms with Crippen LogP contribution in [-0.2, 0) is 0 Å². The molecule has 32 valence electrons. The third-order valence-corrected chi connectivity index (χ3v) is 0.650. The van der Waals surface area contributed by atoms with Crippen LogP contribution >= 0.6 is 0 Å². The summed E-state index contributed by atoms with van der Waals surface area (Å²) in [4.78, 5) is 0. The van der Waals surface area contributed by atoms with Crippen LogP contribution in [0, 0.1) is 11.3 Å². The molecule has 0 saturated carbocycles. The number of nitriles is 1. The van der Waals surface area contributed by atoms with E-state index in [-0.39, 0.29) is 0 Å². The fourth-order valence-corrected chi connectivity index (χ4v) is 0.328. The normalized spacial score (nSPS) is 7.29. The van der Waals surface area contributed by atoms with E-state index in [1.807, 2.05) is 6.07 Å². The third-order valence-electron chi connectivity index (χ3n) is 0.650. The van der Waals surface area contributed by atoms with E-state index in [1.165, 1.54) is 13.4 Å². The van der Waals surface area contributed by atoms with Crippen LogP contribution in [0.25, 0.3) is 0 Å². The molecule has 0 fully saturated rings. The first-order valence-corrected chi connectivity index (χ1v) is 1.86. The van der Waals surface area contributed by atoms with E-state index in [0.29, 0.717) is 5.46 Å². The average molecular weight is 90.9 g/mol. The van der Waals surface area contributed by atoms with Crippen LogP contribution in [0.5, 0.6) is 0 Å². The molecule has 1 heterocycles. The Labute approximate surface area is 41.6 Å². The molecule has 2 nitrogen and oxygen atoms in total. The van der Waals surface area contributed by atoms with Crippen molar-refractivity contribution in [3.05, 3.63) is 17.8 Å². The van der Waals surface area contributed by atoms with Gasteiger partial charge in [0.25, 0.3) is 0 Å². The van der Waals surface area contributed by atoms with Gasteiger partial charge >= 0.3 is 40.6 Å². The van der Waals surface area contributed by atoms with Crippen molar-refractivity contribution in [3.8, 4) is 6.07 Å². The average Bonchev–Trinajstić information content (AvgIpc) is 2.14. The Morgan fingerprint density at radius 2 is 2.71 bits per heavy atom. The zero-order valence-electron chi connectivity index (χ0n) is 3.59. The molecular formula is C4H2BNO. The number of hydrogen-bond donors (Lipinski definition) is 0. The quantitative estimate of drug-likeness (QED) is 0.465. The van der Waals surface area contributed by atoms with Crippen molar-refractivity contribution in [2.75, 3.05) is 0 Å². The molecule has 3 heteroatoms. The summed E-state index contributed by atoms with van der Waals surface area (Å²) in [6.07, 6.45) is 1.47. The topological polar surface area (TPSA) is 36.9 Å². The van der Waals surface area contributed by atoms with Gasteiger partial charge < -0.3 is 0 Å². The van der Waals surface area contributed by atoms with Crippen LogP contribution < -0.4 is 0 Å². The van der Waals surface area contributed by atoms with Crippen molar-refractivity contribution < 1.29 is 4.33 Å². The second-order valence-electron chi connectivity index (χ2n) is 1.12. The Hall–Kier alpha value is -1.04. The van der Waals surface area contributed by atoms with E-state index >= 15 is 0 Å². The predicted octanol–water partition coefficient (Wildman–Crippen LogP) is 0.489. The summed E-state index contributed by atoms with van der Waals surface area (Å²) >= 11 is 0. The van der Waals surface area contributed by atoms with Crippen LogP contribution in [-0.4, -0.2) is 7.13 Å². The Balaban J connectivity index is 3.04. The van der Waals surface area contributed by atoms with Gasteiger partial charge in [-0.05, 0) is 0 Å². The maximum absolute atomic E-state index is 8.12. The van der Waals surface area contributed by atoms with Gasteiger partial charge in [-0.1, -0.05) is 0 Å². The Bertz CT molecular complexity index is 174. The Morgan fingerprint density at radius 1 is 1.86 bits per heavy atom. The molecule has 0 aliphatic heterocycles. The van der Waals surface area contributed by atoms with Crippen molar-refractivity contribution in [2.24, 2.45) is 0 Å². The Morgan fingerprint density at radius 3 is 3.00 bits per heavy atom. The van der Waals surface area contributed by atoms with E-state index in [4.69, 9.17) is 5.26 Å². The fourth-order valence-electron chi connectivity index (χ4n) is 0.328. The van der Waals surface area contributed by atoms with Crippen LogP contribution in [0.4, 0.5) is 0 Å². The van der Waals surface area contributed by atoms with Gasteiger partial charge in [-0.15, -0.1) is 0 Å². The number of nitrogens with zero attached hydrogens (tertiary/aromatic N) is 1. The van der Waals surface area contributed by atoms with Gasteiger partial charge in [-0.3, -0.25) is 0 Å². The summed E-state index contributed by atoms with van der Waals surface area (Å²) in [5, 5.41) is 8.12. The molecule has 1 aromatic rings. The van der Waals surface area contributed by atoms with Crippen molar-refractivity contribution in [1.82, 2.24) is 0 Å². The van der Waals surface area contributed by atoms with E-state index in [9.17, 15) is 0 Å². The van der Waals surface area contributed by atoms with Crippen molar-refractivity contribution in [1.29, 1.82) is 5.26 Å². The molecule has 1 aromatic heterocycles. The van der Waals surface area contributed by atoms with Crippen LogP contribution in [0.2, 0.25) is 0 Å². The summed E-state index contributed by atoms with van der Waals surface area (Å²) in [6.45, 7) is 0. The second kappa shape index (κ2) is 1.61.